The minimum atomic E-state index is 0.572. The van der Waals surface area contributed by atoms with Gasteiger partial charge >= 0.3 is 0 Å². The molecular weight excluding hydrogens is 162 g/mol. The molecule has 1 aromatic heterocycles. The Kier molecular flexibility index (Phi) is 3.31. The van der Waals surface area contributed by atoms with Crippen molar-refractivity contribution in [1.82, 2.24) is 20.2 Å². The van der Waals surface area contributed by atoms with Crippen molar-refractivity contribution in [3.05, 3.63) is 0 Å². The van der Waals surface area contributed by atoms with Crippen LogP contribution in [0.1, 0.15) is 6.92 Å². The van der Waals surface area contributed by atoms with E-state index in [2.05, 4.69) is 22.4 Å². The normalized spacial score (nSPS) is 10.4. The van der Waals surface area contributed by atoms with Gasteiger partial charge in [0.25, 0.3) is 0 Å². The largest absolute Gasteiger partial charge is 0.329 e. The first-order chi connectivity index (χ1) is 5.38. The molecule has 0 aromatic carbocycles. The molecule has 0 bridgehead atoms. The average Bonchev–Trinajstić information content (AvgIpc) is 2.39. The molecule has 2 N–H and O–H groups in total. The molecule has 0 amide bonds. The highest BCUT2D eigenvalue weighted by molar-refractivity contribution is 7.99. The lowest BCUT2D eigenvalue weighted by molar-refractivity contribution is 0.557. The maximum Gasteiger partial charge on any atom is 0.209 e. The quantitative estimate of drug-likeness (QED) is 0.635. The molecule has 0 unspecified atom stereocenters. The number of hydrogen-bond donors (Lipinski definition) is 1. The van der Waals surface area contributed by atoms with Crippen LogP contribution in [0.2, 0.25) is 0 Å². The van der Waals surface area contributed by atoms with Crippen molar-refractivity contribution >= 4 is 11.8 Å². The van der Waals surface area contributed by atoms with Crippen LogP contribution in [-0.2, 0) is 6.54 Å². The molecule has 1 aromatic rings. The minimum absolute atomic E-state index is 0.572. The maximum atomic E-state index is 5.36. The highest BCUT2D eigenvalue weighted by Crippen LogP contribution is 2.11. The fraction of sp³-hybridized carbons (Fsp3) is 0.800. The summed E-state index contributed by atoms with van der Waals surface area (Å²) >= 11 is 1.62. The summed E-state index contributed by atoms with van der Waals surface area (Å²) in [4.78, 5) is 0. The van der Waals surface area contributed by atoms with Gasteiger partial charge < -0.3 is 5.73 Å². The van der Waals surface area contributed by atoms with Gasteiger partial charge in [-0.25, -0.2) is 4.68 Å². The first-order valence-corrected chi connectivity index (χ1v) is 4.46. The van der Waals surface area contributed by atoms with Crippen LogP contribution >= 0.6 is 11.8 Å². The second-order valence-corrected chi connectivity index (χ2v) is 3.14. The number of rotatable bonds is 4. The Balaban J connectivity index is 2.62. The standard InChI is InChI=1S/C5H11N5S/c1-2-11-5-7-8-9-10(5)4-3-6/h2-4,6H2,1H3. The number of hydrogen-bond acceptors (Lipinski definition) is 5. The molecular formula is C5H11N5S. The number of nitrogens with two attached hydrogens (primary N) is 1. The van der Waals surface area contributed by atoms with Gasteiger partial charge in [0.05, 0.1) is 6.54 Å². The SMILES string of the molecule is CCSc1nnnn1CCN. The van der Waals surface area contributed by atoms with Crippen molar-refractivity contribution in [2.75, 3.05) is 12.3 Å². The van der Waals surface area contributed by atoms with Gasteiger partial charge in [0.2, 0.25) is 5.16 Å². The predicted octanol–water partition coefficient (Wildman–Crippen LogP) is -0.256. The van der Waals surface area contributed by atoms with Gasteiger partial charge in [-0.05, 0) is 16.2 Å². The van der Waals surface area contributed by atoms with Crippen molar-refractivity contribution in [2.24, 2.45) is 5.73 Å². The molecule has 0 atom stereocenters. The van der Waals surface area contributed by atoms with Crippen LogP contribution in [-0.4, -0.2) is 32.5 Å². The summed E-state index contributed by atoms with van der Waals surface area (Å²) in [6.07, 6.45) is 0. The molecule has 0 spiro atoms. The predicted molar refractivity (Wildman–Crippen MR) is 43.3 cm³/mol. The van der Waals surface area contributed by atoms with Gasteiger partial charge in [-0.1, -0.05) is 18.7 Å². The van der Waals surface area contributed by atoms with Crippen molar-refractivity contribution in [1.29, 1.82) is 0 Å². The Morgan fingerprint density at radius 2 is 2.45 bits per heavy atom. The first kappa shape index (κ1) is 8.48. The van der Waals surface area contributed by atoms with E-state index in [0.717, 1.165) is 10.9 Å². The number of thioether (sulfide) groups is 1. The first-order valence-electron chi connectivity index (χ1n) is 3.47. The summed E-state index contributed by atoms with van der Waals surface area (Å²) in [5, 5.41) is 12.0. The van der Waals surface area contributed by atoms with Crippen LogP contribution in [0.4, 0.5) is 0 Å². The van der Waals surface area contributed by atoms with Gasteiger partial charge in [0.1, 0.15) is 0 Å². The third-order valence-corrected chi connectivity index (χ3v) is 1.95. The molecule has 0 saturated carbocycles. The van der Waals surface area contributed by atoms with E-state index in [1.807, 2.05) is 0 Å². The Hall–Kier alpha value is -0.620. The minimum Gasteiger partial charge on any atom is -0.329 e. The van der Waals surface area contributed by atoms with E-state index in [0.29, 0.717) is 13.1 Å². The molecule has 1 rings (SSSR count). The zero-order chi connectivity index (χ0) is 8.10. The van der Waals surface area contributed by atoms with Crippen LogP contribution in [0.5, 0.6) is 0 Å². The molecule has 1 heterocycles. The molecule has 0 fully saturated rings. The second kappa shape index (κ2) is 4.30. The highest BCUT2D eigenvalue weighted by atomic mass is 32.2. The van der Waals surface area contributed by atoms with Crippen LogP contribution in [0, 0.1) is 0 Å². The van der Waals surface area contributed by atoms with Crippen LogP contribution < -0.4 is 5.73 Å². The van der Waals surface area contributed by atoms with E-state index in [1.54, 1.807) is 16.4 Å². The van der Waals surface area contributed by atoms with E-state index in [1.165, 1.54) is 0 Å². The second-order valence-electron chi connectivity index (χ2n) is 1.91. The van der Waals surface area contributed by atoms with E-state index >= 15 is 0 Å². The van der Waals surface area contributed by atoms with Crippen LogP contribution in [0.3, 0.4) is 0 Å². The van der Waals surface area contributed by atoms with Crippen molar-refractivity contribution in [3.63, 3.8) is 0 Å². The van der Waals surface area contributed by atoms with Crippen LogP contribution in [0.25, 0.3) is 0 Å². The number of aromatic nitrogens is 4. The van der Waals surface area contributed by atoms with Gasteiger partial charge in [0, 0.05) is 6.54 Å². The Morgan fingerprint density at radius 1 is 1.64 bits per heavy atom. The topological polar surface area (TPSA) is 69.6 Å². The molecule has 5 nitrogen and oxygen atoms in total. The van der Waals surface area contributed by atoms with Gasteiger partial charge in [-0.15, -0.1) is 5.10 Å². The lowest BCUT2D eigenvalue weighted by atomic mass is 10.7. The smallest absolute Gasteiger partial charge is 0.209 e. The fourth-order valence-corrected chi connectivity index (χ4v) is 1.32. The molecule has 0 aliphatic heterocycles. The van der Waals surface area contributed by atoms with Gasteiger partial charge in [-0.3, -0.25) is 0 Å². The zero-order valence-corrected chi connectivity index (χ0v) is 7.21. The molecule has 11 heavy (non-hydrogen) atoms. The molecule has 0 saturated heterocycles. The number of nitrogens with zero attached hydrogens (tertiary/aromatic N) is 4. The summed E-state index contributed by atoms with van der Waals surface area (Å²) in [5.41, 5.74) is 5.36. The fourth-order valence-electron chi connectivity index (χ4n) is 0.692. The molecule has 6 heteroatoms. The lowest BCUT2D eigenvalue weighted by Crippen LogP contribution is -2.12. The van der Waals surface area contributed by atoms with E-state index in [-0.39, 0.29) is 0 Å². The van der Waals surface area contributed by atoms with Crippen molar-refractivity contribution in [2.45, 2.75) is 18.6 Å². The summed E-state index contributed by atoms with van der Waals surface area (Å²) in [6, 6.07) is 0. The third-order valence-electron chi connectivity index (χ3n) is 1.11. The van der Waals surface area contributed by atoms with Crippen molar-refractivity contribution < 1.29 is 0 Å². The molecule has 0 aliphatic carbocycles. The summed E-state index contributed by atoms with van der Waals surface area (Å²) in [5.74, 6) is 0.977. The number of tetrazole rings is 1. The summed E-state index contributed by atoms with van der Waals surface area (Å²) < 4.78 is 1.72. The van der Waals surface area contributed by atoms with E-state index in [9.17, 15) is 0 Å². The van der Waals surface area contributed by atoms with Crippen LogP contribution in [0.15, 0.2) is 5.16 Å². The Bertz CT molecular complexity index is 190. The van der Waals surface area contributed by atoms with E-state index < -0.39 is 0 Å². The molecule has 0 aliphatic rings. The zero-order valence-electron chi connectivity index (χ0n) is 6.40. The maximum absolute atomic E-state index is 5.36. The Labute approximate surface area is 69.3 Å². The van der Waals surface area contributed by atoms with E-state index in [4.69, 9.17) is 5.73 Å². The summed E-state index contributed by atoms with van der Waals surface area (Å²) in [7, 11) is 0. The molecule has 0 radical (unpaired) electrons. The average molecular weight is 173 g/mol. The van der Waals surface area contributed by atoms with Gasteiger partial charge in [-0.2, -0.15) is 0 Å². The Morgan fingerprint density at radius 3 is 3.09 bits per heavy atom. The third kappa shape index (κ3) is 2.16. The monoisotopic (exact) mass is 173 g/mol. The van der Waals surface area contributed by atoms with Gasteiger partial charge in [0.15, 0.2) is 0 Å². The van der Waals surface area contributed by atoms with Crippen molar-refractivity contribution in [3.8, 4) is 0 Å². The molecule has 62 valence electrons. The lowest BCUT2D eigenvalue weighted by Gasteiger charge is -1.98. The summed E-state index contributed by atoms with van der Waals surface area (Å²) in [6.45, 7) is 3.32. The highest BCUT2D eigenvalue weighted by Gasteiger charge is 2.02.